The predicted molar refractivity (Wildman–Crippen MR) is 69.7 cm³/mol. The van der Waals surface area contributed by atoms with Crippen LogP contribution in [0.3, 0.4) is 0 Å². The third kappa shape index (κ3) is 5.07. The van der Waals surface area contributed by atoms with Crippen LogP contribution >= 0.6 is 0 Å². The Morgan fingerprint density at radius 3 is 1.76 bits per heavy atom. The topological polar surface area (TPSA) is 35.5 Å². The Balaban J connectivity index is 5.01. The van der Waals surface area contributed by atoms with Gasteiger partial charge < -0.3 is 9.47 Å². The first-order valence-electron chi connectivity index (χ1n) is 6.27. The zero-order chi connectivity index (χ0) is 13.9. The van der Waals surface area contributed by atoms with Gasteiger partial charge >= 0.3 is 5.97 Å². The van der Waals surface area contributed by atoms with E-state index in [1.807, 2.05) is 27.7 Å². The Bertz CT molecular complexity index is 258. The lowest BCUT2D eigenvalue weighted by molar-refractivity contribution is -0.283. The SMILES string of the molecule is CCC(OCC(C)(C)C)(OC(C)=O)C(C)(C)C. The van der Waals surface area contributed by atoms with E-state index in [0.29, 0.717) is 13.0 Å². The van der Waals surface area contributed by atoms with Crippen molar-refractivity contribution in [3.8, 4) is 0 Å². The number of carbonyl (C=O) groups excluding carboxylic acids is 1. The van der Waals surface area contributed by atoms with Crippen molar-refractivity contribution in [1.29, 1.82) is 0 Å². The van der Waals surface area contributed by atoms with Gasteiger partial charge in [0.2, 0.25) is 5.79 Å². The van der Waals surface area contributed by atoms with Crippen LogP contribution in [-0.4, -0.2) is 18.4 Å². The zero-order valence-corrected chi connectivity index (χ0v) is 12.6. The smallest absolute Gasteiger partial charge is 0.305 e. The van der Waals surface area contributed by atoms with E-state index in [9.17, 15) is 4.79 Å². The molecule has 0 aromatic heterocycles. The molecule has 3 heteroatoms. The highest BCUT2D eigenvalue weighted by atomic mass is 16.7. The molecule has 17 heavy (non-hydrogen) atoms. The van der Waals surface area contributed by atoms with Crippen molar-refractivity contribution < 1.29 is 14.3 Å². The fourth-order valence-corrected chi connectivity index (χ4v) is 1.67. The Morgan fingerprint density at radius 1 is 1.06 bits per heavy atom. The Labute approximate surface area is 106 Å². The highest BCUT2D eigenvalue weighted by Crippen LogP contribution is 2.39. The van der Waals surface area contributed by atoms with Gasteiger partial charge in [-0.05, 0) is 5.41 Å². The van der Waals surface area contributed by atoms with Crippen LogP contribution < -0.4 is 0 Å². The molecule has 0 saturated carbocycles. The Morgan fingerprint density at radius 2 is 1.53 bits per heavy atom. The van der Waals surface area contributed by atoms with Crippen LogP contribution in [0.2, 0.25) is 0 Å². The molecule has 0 rings (SSSR count). The Hall–Kier alpha value is -0.570. The van der Waals surface area contributed by atoms with E-state index >= 15 is 0 Å². The summed E-state index contributed by atoms with van der Waals surface area (Å²) >= 11 is 0. The van der Waals surface area contributed by atoms with Gasteiger partial charge in [-0.1, -0.05) is 48.5 Å². The number of ether oxygens (including phenoxy) is 2. The van der Waals surface area contributed by atoms with Gasteiger partial charge in [0.15, 0.2) is 0 Å². The van der Waals surface area contributed by atoms with Crippen molar-refractivity contribution in [2.45, 2.75) is 67.6 Å². The van der Waals surface area contributed by atoms with Gasteiger partial charge in [-0.15, -0.1) is 0 Å². The maximum atomic E-state index is 11.3. The van der Waals surface area contributed by atoms with E-state index in [1.165, 1.54) is 6.92 Å². The van der Waals surface area contributed by atoms with E-state index in [1.54, 1.807) is 0 Å². The number of hydrogen-bond donors (Lipinski definition) is 0. The molecule has 0 aromatic carbocycles. The first kappa shape index (κ1) is 16.4. The van der Waals surface area contributed by atoms with E-state index in [4.69, 9.17) is 9.47 Å². The van der Waals surface area contributed by atoms with E-state index < -0.39 is 5.79 Å². The van der Waals surface area contributed by atoms with Crippen molar-refractivity contribution in [1.82, 2.24) is 0 Å². The standard InChI is InChI=1S/C14H28O3/c1-9-14(13(6,7)8,17-11(2)15)16-10-12(3,4)5/h9-10H2,1-8H3. The summed E-state index contributed by atoms with van der Waals surface area (Å²) in [6.07, 6.45) is 0.645. The molecule has 0 bridgehead atoms. The van der Waals surface area contributed by atoms with Gasteiger partial charge in [0, 0.05) is 18.8 Å². The van der Waals surface area contributed by atoms with E-state index in [2.05, 4.69) is 20.8 Å². The van der Waals surface area contributed by atoms with Crippen LogP contribution in [0.5, 0.6) is 0 Å². The van der Waals surface area contributed by atoms with Crippen LogP contribution in [0.25, 0.3) is 0 Å². The molecule has 0 amide bonds. The molecule has 0 heterocycles. The zero-order valence-electron chi connectivity index (χ0n) is 12.6. The average molecular weight is 244 g/mol. The fraction of sp³-hybridized carbons (Fsp3) is 0.929. The number of hydrogen-bond acceptors (Lipinski definition) is 3. The number of rotatable bonds is 4. The minimum atomic E-state index is -0.841. The second-order valence-corrected chi connectivity index (χ2v) is 6.80. The van der Waals surface area contributed by atoms with Crippen molar-refractivity contribution in [3.63, 3.8) is 0 Å². The van der Waals surface area contributed by atoms with Crippen LogP contribution in [0.15, 0.2) is 0 Å². The number of carbonyl (C=O) groups is 1. The summed E-state index contributed by atoms with van der Waals surface area (Å²) in [6.45, 7) is 16.4. The maximum Gasteiger partial charge on any atom is 0.305 e. The Kier molecular flexibility index (Phi) is 5.20. The molecule has 0 aliphatic carbocycles. The number of esters is 1. The highest BCUT2D eigenvalue weighted by Gasteiger charge is 2.45. The molecule has 102 valence electrons. The molecule has 0 radical (unpaired) electrons. The largest absolute Gasteiger partial charge is 0.433 e. The summed E-state index contributed by atoms with van der Waals surface area (Å²) in [5, 5.41) is 0. The molecule has 0 N–H and O–H groups in total. The molecule has 1 atom stereocenters. The molecule has 0 fully saturated rings. The second kappa shape index (κ2) is 5.38. The van der Waals surface area contributed by atoms with E-state index in [0.717, 1.165) is 0 Å². The van der Waals surface area contributed by atoms with Crippen LogP contribution in [-0.2, 0) is 14.3 Å². The lowest BCUT2D eigenvalue weighted by atomic mass is 9.83. The first-order valence-corrected chi connectivity index (χ1v) is 6.27. The highest BCUT2D eigenvalue weighted by molar-refractivity contribution is 5.66. The van der Waals surface area contributed by atoms with Crippen molar-refractivity contribution in [2.75, 3.05) is 6.61 Å². The van der Waals surface area contributed by atoms with Crippen molar-refractivity contribution in [3.05, 3.63) is 0 Å². The fourth-order valence-electron chi connectivity index (χ4n) is 1.67. The summed E-state index contributed by atoms with van der Waals surface area (Å²) in [5.74, 6) is -1.14. The van der Waals surface area contributed by atoms with Crippen LogP contribution in [0, 0.1) is 10.8 Å². The van der Waals surface area contributed by atoms with Crippen LogP contribution in [0.1, 0.15) is 61.8 Å². The average Bonchev–Trinajstić information content (AvgIpc) is 2.08. The molecule has 0 aromatic rings. The van der Waals surface area contributed by atoms with Gasteiger partial charge in [-0.3, -0.25) is 4.79 Å². The van der Waals surface area contributed by atoms with Gasteiger partial charge in [0.1, 0.15) is 0 Å². The van der Waals surface area contributed by atoms with Crippen LogP contribution in [0.4, 0.5) is 0 Å². The molecule has 0 saturated heterocycles. The van der Waals surface area contributed by atoms with Gasteiger partial charge in [0.25, 0.3) is 0 Å². The predicted octanol–water partition coefficient (Wildman–Crippen LogP) is 3.76. The normalized spacial score (nSPS) is 16.5. The molecule has 0 aliphatic rings. The molecule has 1 unspecified atom stereocenters. The minimum absolute atomic E-state index is 0.0474. The van der Waals surface area contributed by atoms with Crippen molar-refractivity contribution in [2.24, 2.45) is 10.8 Å². The van der Waals surface area contributed by atoms with Gasteiger partial charge in [-0.25, -0.2) is 0 Å². The summed E-state index contributed by atoms with van der Waals surface area (Å²) in [5.41, 5.74) is -0.204. The molecule has 3 nitrogen and oxygen atoms in total. The lowest BCUT2D eigenvalue weighted by Crippen LogP contribution is -2.49. The summed E-state index contributed by atoms with van der Waals surface area (Å²) < 4.78 is 11.5. The second-order valence-electron chi connectivity index (χ2n) is 6.80. The quantitative estimate of drug-likeness (QED) is 0.558. The maximum absolute atomic E-state index is 11.3. The molecular formula is C14H28O3. The van der Waals surface area contributed by atoms with Gasteiger partial charge in [0.05, 0.1) is 6.61 Å². The third-order valence-corrected chi connectivity index (χ3v) is 2.66. The summed E-state index contributed by atoms with van der Waals surface area (Å²) in [7, 11) is 0. The first-order chi connectivity index (χ1) is 7.43. The molecule has 0 spiro atoms. The van der Waals surface area contributed by atoms with E-state index in [-0.39, 0.29) is 16.8 Å². The lowest BCUT2D eigenvalue weighted by Gasteiger charge is -2.43. The molecule has 0 aliphatic heterocycles. The summed E-state index contributed by atoms with van der Waals surface area (Å²) in [4.78, 5) is 11.3. The minimum Gasteiger partial charge on any atom is -0.433 e. The third-order valence-electron chi connectivity index (χ3n) is 2.66. The monoisotopic (exact) mass is 244 g/mol. The molecular weight excluding hydrogens is 216 g/mol. The van der Waals surface area contributed by atoms with Gasteiger partial charge in [-0.2, -0.15) is 0 Å². The summed E-state index contributed by atoms with van der Waals surface area (Å²) in [6, 6.07) is 0. The van der Waals surface area contributed by atoms with Crippen molar-refractivity contribution >= 4 is 5.97 Å².